The van der Waals surface area contributed by atoms with Crippen molar-refractivity contribution in [2.45, 2.75) is 26.3 Å². The fourth-order valence-corrected chi connectivity index (χ4v) is 1.38. The second-order valence-corrected chi connectivity index (χ2v) is 3.92. The molecule has 0 aliphatic heterocycles. The third kappa shape index (κ3) is 4.53. The van der Waals surface area contributed by atoms with Crippen molar-refractivity contribution in [3.63, 3.8) is 0 Å². The molecule has 16 heavy (non-hydrogen) atoms. The molecule has 1 aromatic carbocycles. The third-order valence-corrected chi connectivity index (χ3v) is 2.65. The zero-order valence-electron chi connectivity index (χ0n) is 10.4. The van der Waals surface area contributed by atoms with Gasteiger partial charge < -0.3 is 15.4 Å². The maximum atomic E-state index is 5.10. The third-order valence-electron chi connectivity index (χ3n) is 2.65. The van der Waals surface area contributed by atoms with Crippen molar-refractivity contribution in [1.29, 1.82) is 0 Å². The highest BCUT2D eigenvalue weighted by molar-refractivity contribution is 5.46. The van der Waals surface area contributed by atoms with Crippen molar-refractivity contribution in [1.82, 2.24) is 5.32 Å². The summed E-state index contributed by atoms with van der Waals surface area (Å²) >= 11 is 0. The van der Waals surface area contributed by atoms with Crippen LogP contribution in [0.15, 0.2) is 24.3 Å². The summed E-state index contributed by atoms with van der Waals surface area (Å²) in [5.41, 5.74) is 1.13. The van der Waals surface area contributed by atoms with Gasteiger partial charge in [0.15, 0.2) is 0 Å². The SMILES string of the molecule is CCC(C)NCCNc1ccc(OC)cc1. The van der Waals surface area contributed by atoms with Crippen molar-refractivity contribution in [3.05, 3.63) is 24.3 Å². The molecule has 0 bridgehead atoms. The first-order chi connectivity index (χ1) is 7.76. The van der Waals surface area contributed by atoms with Gasteiger partial charge in [-0.15, -0.1) is 0 Å². The van der Waals surface area contributed by atoms with Crippen LogP contribution in [-0.2, 0) is 0 Å². The van der Waals surface area contributed by atoms with Gasteiger partial charge >= 0.3 is 0 Å². The topological polar surface area (TPSA) is 33.3 Å². The lowest BCUT2D eigenvalue weighted by Crippen LogP contribution is -2.30. The first kappa shape index (κ1) is 12.8. The Morgan fingerprint density at radius 1 is 1.19 bits per heavy atom. The first-order valence-corrected chi connectivity index (χ1v) is 5.87. The molecule has 0 saturated heterocycles. The Labute approximate surface area is 98.2 Å². The van der Waals surface area contributed by atoms with Crippen LogP contribution in [0.4, 0.5) is 5.69 Å². The van der Waals surface area contributed by atoms with Gasteiger partial charge in [0.25, 0.3) is 0 Å². The second-order valence-electron chi connectivity index (χ2n) is 3.92. The molecule has 2 N–H and O–H groups in total. The smallest absolute Gasteiger partial charge is 0.119 e. The minimum Gasteiger partial charge on any atom is -0.497 e. The maximum absolute atomic E-state index is 5.10. The van der Waals surface area contributed by atoms with Crippen LogP contribution >= 0.6 is 0 Å². The number of benzene rings is 1. The van der Waals surface area contributed by atoms with Crippen LogP contribution in [0, 0.1) is 0 Å². The molecule has 1 aromatic rings. The summed E-state index contributed by atoms with van der Waals surface area (Å²) in [4.78, 5) is 0. The Bertz CT molecular complexity index is 284. The number of anilines is 1. The molecule has 1 atom stereocenters. The molecule has 1 unspecified atom stereocenters. The van der Waals surface area contributed by atoms with Crippen LogP contribution in [0.2, 0.25) is 0 Å². The lowest BCUT2D eigenvalue weighted by Gasteiger charge is -2.12. The molecule has 1 rings (SSSR count). The average Bonchev–Trinajstić information content (AvgIpc) is 2.35. The first-order valence-electron chi connectivity index (χ1n) is 5.87. The van der Waals surface area contributed by atoms with Crippen molar-refractivity contribution < 1.29 is 4.74 Å². The Balaban J connectivity index is 2.21. The molecule has 0 aliphatic carbocycles. The van der Waals surface area contributed by atoms with Crippen molar-refractivity contribution in [2.24, 2.45) is 0 Å². The summed E-state index contributed by atoms with van der Waals surface area (Å²) in [7, 11) is 1.68. The van der Waals surface area contributed by atoms with E-state index in [0.717, 1.165) is 24.5 Å². The van der Waals surface area contributed by atoms with Gasteiger partial charge in [-0.3, -0.25) is 0 Å². The fourth-order valence-electron chi connectivity index (χ4n) is 1.38. The molecule has 3 heteroatoms. The van der Waals surface area contributed by atoms with E-state index in [1.54, 1.807) is 7.11 Å². The van der Waals surface area contributed by atoms with E-state index >= 15 is 0 Å². The minimum atomic E-state index is 0.595. The number of hydrogen-bond acceptors (Lipinski definition) is 3. The summed E-state index contributed by atoms with van der Waals surface area (Å²) in [6.07, 6.45) is 1.17. The summed E-state index contributed by atoms with van der Waals surface area (Å²) in [5, 5.41) is 6.80. The van der Waals surface area contributed by atoms with E-state index < -0.39 is 0 Å². The zero-order valence-corrected chi connectivity index (χ0v) is 10.4. The van der Waals surface area contributed by atoms with Gasteiger partial charge in [-0.25, -0.2) is 0 Å². The molecule has 0 fully saturated rings. The fraction of sp³-hybridized carbons (Fsp3) is 0.538. The number of ether oxygens (including phenoxy) is 1. The monoisotopic (exact) mass is 222 g/mol. The van der Waals surface area contributed by atoms with E-state index in [-0.39, 0.29) is 0 Å². The standard InChI is InChI=1S/C13H22N2O/c1-4-11(2)14-9-10-15-12-5-7-13(16-3)8-6-12/h5-8,11,14-15H,4,9-10H2,1-3H3. The highest BCUT2D eigenvalue weighted by atomic mass is 16.5. The van der Waals surface area contributed by atoms with E-state index in [0.29, 0.717) is 6.04 Å². The van der Waals surface area contributed by atoms with E-state index in [2.05, 4.69) is 24.5 Å². The maximum Gasteiger partial charge on any atom is 0.119 e. The van der Waals surface area contributed by atoms with Crippen LogP contribution < -0.4 is 15.4 Å². The van der Waals surface area contributed by atoms with Gasteiger partial charge in [0.05, 0.1) is 7.11 Å². The summed E-state index contributed by atoms with van der Waals surface area (Å²) in [5.74, 6) is 0.892. The highest BCUT2D eigenvalue weighted by Crippen LogP contribution is 2.14. The summed E-state index contributed by atoms with van der Waals surface area (Å²) < 4.78 is 5.10. The number of nitrogens with one attached hydrogen (secondary N) is 2. The zero-order chi connectivity index (χ0) is 11.8. The molecule has 0 aliphatic rings. The van der Waals surface area contributed by atoms with E-state index in [1.807, 2.05) is 24.3 Å². The normalized spacial score (nSPS) is 12.2. The molecule has 0 amide bonds. The summed E-state index contributed by atoms with van der Waals surface area (Å²) in [6, 6.07) is 8.58. The quantitative estimate of drug-likeness (QED) is 0.695. The van der Waals surface area contributed by atoms with E-state index in [1.165, 1.54) is 6.42 Å². The molecular formula is C13H22N2O. The van der Waals surface area contributed by atoms with Gasteiger partial charge in [0.1, 0.15) is 5.75 Å². The minimum absolute atomic E-state index is 0.595. The Hall–Kier alpha value is -1.22. The van der Waals surface area contributed by atoms with Crippen LogP contribution in [0.1, 0.15) is 20.3 Å². The largest absolute Gasteiger partial charge is 0.497 e. The van der Waals surface area contributed by atoms with Crippen LogP contribution in [0.25, 0.3) is 0 Å². The predicted molar refractivity (Wildman–Crippen MR) is 69.2 cm³/mol. The Kier molecular flexibility index (Phi) is 5.72. The lowest BCUT2D eigenvalue weighted by atomic mass is 10.2. The molecule has 3 nitrogen and oxygen atoms in total. The van der Waals surface area contributed by atoms with Crippen LogP contribution in [-0.4, -0.2) is 26.2 Å². The highest BCUT2D eigenvalue weighted by Gasteiger charge is 1.96. The number of hydrogen-bond donors (Lipinski definition) is 2. The van der Waals surface area contributed by atoms with Gasteiger partial charge in [0, 0.05) is 24.8 Å². The van der Waals surface area contributed by atoms with Gasteiger partial charge in [0.2, 0.25) is 0 Å². The summed E-state index contributed by atoms with van der Waals surface area (Å²) in [6.45, 7) is 6.32. The molecule has 0 spiro atoms. The number of rotatable bonds is 7. The van der Waals surface area contributed by atoms with Gasteiger partial charge in [-0.1, -0.05) is 6.92 Å². The molecule has 0 aromatic heterocycles. The van der Waals surface area contributed by atoms with E-state index in [9.17, 15) is 0 Å². The van der Waals surface area contributed by atoms with Gasteiger partial charge in [-0.2, -0.15) is 0 Å². The van der Waals surface area contributed by atoms with E-state index in [4.69, 9.17) is 4.74 Å². The van der Waals surface area contributed by atoms with Crippen molar-refractivity contribution in [3.8, 4) is 5.75 Å². The van der Waals surface area contributed by atoms with Crippen LogP contribution in [0.3, 0.4) is 0 Å². The Morgan fingerprint density at radius 2 is 1.88 bits per heavy atom. The molecular weight excluding hydrogens is 200 g/mol. The second kappa shape index (κ2) is 7.12. The molecule has 0 heterocycles. The predicted octanol–water partition coefficient (Wildman–Crippen LogP) is 2.50. The molecule has 90 valence electrons. The van der Waals surface area contributed by atoms with Crippen molar-refractivity contribution in [2.75, 3.05) is 25.5 Å². The average molecular weight is 222 g/mol. The molecule has 0 saturated carbocycles. The van der Waals surface area contributed by atoms with Gasteiger partial charge in [-0.05, 0) is 37.6 Å². The van der Waals surface area contributed by atoms with Crippen LogP contribution in [0.5, 0.6) is 5.75 Å². The number of methoxy groups -OCH3 is 1. The Morgan fingerprint density at radius 3 is 2.44 bits per heavy atom. The molecule has 0 radical (unpaired) electrons. The lowest BCUT2D eigenvalue weighted by molar-refractivity contribution is 0.415. The van der Waals surface area contributed by atoms with Crippen molar-refractivity contribution >= 4 is 5.69 Å².